The molecule has 2 aromatic heterocycles. The zero-order valence-electron chi connectivity index (χ0n) is 22.6. The molecule has 0 bridgehead atoms. The zero-order chi connectivity index (χ0) is 26.9. The first-order valence-corrected chi connectivity index (χ1v) is 12.9. The van der Waals surface area contributed by atoms with Gasteiger partial charge in [-0.05, 0) is 48.9 Å². The summed E-state index contributed by atoms with van der Waals surface area (Å²) >= 11 is 0. The molecule has 3 heterocycles. The predicted octanol–water partition coefficient (Wildman–Crippen LogP) is 3.19. The zero-order valence-corrected chi connectivity index (χ0v) is 22.6. The number of fused-ring (bicyclic) bond motifs is 1. The molecular weight excluding hydrogens is 482 g/mol. The van der Waals surface area contributed by atoms with Gasteiger partial charge in [0, 0.05) is 49.7 Å². The van der Waals surface area contributed by atoms with Crippen LogP contribution in [0.25, 0.3) is 10.9 Å². The monoisotopic (exact) mass is 517 g/mol. The van der Waals surface area contributed by atoms with Gasteiger partial charge in [0.15, 0.2) is 17.3 Å². The Hall–Kier alpha value is -3.76. The second-order valence-corrected chi connectivity index (χ2v) is 10.7. The number of nitrogens with one attached hydrogen (secondary N) is 1. The van der Waals surface area contributed by atoms with Crippen molar-refractivity contribution in [3.05, 3.63) is 75.8 Å². The summed E-state index contributed by atoms with van der Waals surface area (Å²) in [7, 11) is 3.18. The standard InChI is InChI=1S/C28H35N7O3/c1-28(2,3)35-26(30-31-32-35)25(34-13-11-33(12-14-34)18-19-9-7-6-8-10-19)21-15-20-16-23(37-4)24(38-5)17-22(20)29-27(21)36/h6-10,15-17,25H,11-14,18H2,1-5H3,(H,29,36)/t25-/m0/s1. The molecule has 38 heavy (non-hydrogen) atoms. The molecule has 0 unspecified atom stereocenters. The number of benzene rings is 2. The summed E-state index contributed by atoms with van der Waals surface area (Å²) in [4.78, 5) is 21.4. The van der Waals surface area contributed by atoms with Crippen LogP contribution >= 0.6 is 0 Å². The maximum absolute atomic E-state index is 13.6. The van der Waals surface area contributed by atoms with Gasteiger partial charge in [0.25, 0.3) is 5.56 Å². The molecule has 2 aromatic carbocycles. The summed E-state index contributed by atoms with van der Waals surface area (Å²) < 4.78 is 12.8. The number of hydrogen-bond acceptors (Lipinski definition) is 8. The second-order valence-electron chi connectivity index (χ2n) is 10.7. The Morgan fingerprint density at radius 1 is 0.974 bits per heavy atom. The molecule has 10 nitrogen and oxygen atoms in total. The van der Waals surface area contributed by atoms with Crippen LogP contribution in [-0.4, -0.2) is 75.4 Å². The molecule has 4 aromatic rings. The Morgan fingerprint density at radius 3 is 2.32 bits per heavy atom. The van der Waals surface area contributed by atoms with Gasteiger partial charge in [-0.15, -0.1) is 5.10 Å². The van der Waals surface area contributed by atoms with Crippen LogP contribution in [0.3, 0.4) is 0 Å². The summed E-state index contributed by atoms with van der Waals surface area (Å²) in [6.45, 7) is 10.4. The normalized spacial score (nSPS) is 16.0. The van der Waals surface area contributed by atoms with E-state index in [2.05, 4.69) is 75.3 Å². The Bertz CT molecular complexity index is 1450. The Kier molecular flexibility index (Phi) is 7.18. The molecule has 1 aliphatic heterocycles. The first-order valence-electron chi connectivity index (χ1n) is 12.9. The molecule has 0 amide bonds. The highest BCUT2D eigenvalue weighted by Crippen LogP contribution is 2.34. The fourth-order valence-electron chi connectivity index (χ4n) is 5.12. The fraction of sp³-hybridized carbons (Fsp3) is 0.429. The summed E-state index contributed by atoms with van der Waals surface area (Å²) in [5, 5.41) is 13.6. The number of pyridine rings is 1. The summed E-state index contributed by atoms with van der Waals surface area (Å²) in [6, 6.07) is 15.7. The van der Waals surface area contributed by atoms with Gasteiger partial charge in [-0.3, -0.25) is 14.6 Å². The van der Waals surface area contributed by atoms with Crippen molar-refractivity contribution in [2.24, 2.45) is 0 Å². The lowest BCUT2D eigenvalue weighted by molar-refractivity contribution is 0.0975. The van der Waals surface area contributed by atoms with E-state index in [1.165, 1.54) is 5.56 Å². The number of aromatic amines is 1. The lowest BCUT2D eigenvalue weighted by Crippen LogP contribution is -2.49. The van der Waals surface area contributed by atoms with Crippen molar-refractivity contribution < 1.29 is 9.47 Å². The van der Waals surface area contributed by atoms with E-state index in [-0.39, 0.29) is 11.1 Å². The molecule has 0 saturated carbocycles. The van der Waals surface area contributed by atoms with E-state index >= 15 is 0 Å². The first-order chi connectivity index (χ1) is 18.3. The van der Waals surface area contributed by atoms with Gasteiger partial charge < -0.3 is 14.5 Å². The van der Waals surface area contributed by atoms with E-state index in [1.807, 2.05) is 22.9 Å². The number of rotatable bonds is 7. The SMILES string of the molecule is COc1cc2cc([C@@H](c3nnnn3C(C)(C)C)N3CCN(Cc4ccccc4)CC3)c(=O)[nH]c2cc1OC. The van der Waals surface area contributed by atoms with Crippen LogP contribution in [0.15, 0.2) is 53.3 Å². The van der Waals surface area contributed by atoms with Gasteiger partial charge >= 0.3 is 0 Å². The smallest absolute Gasteiger partial charge is 0.253 e. The van der Waals surface area contributed by atoms with Gasteiger partial charge in [-0.25, -0.2) is 4.68 Å². The van der Waals surface area contributed by atoms with Gasteiger partial charge in [-0.1, -0.05) is 30.3 Å². The molecule has 0 spiro atoms. The number of nitrogens with zero attached hydrogens (tertiary/aromatic N) is 6. The third kappa shape index (κ3) is 5.14. The van der Waals surface area contributed by atoms with Crippen LogP contribution in [0.4, 0.5) is 0 Å². The highest BCUT2D eigenvalue weighted by Gasteiger charge is 2.35. The van der Waals surface area contributed by atoms with Gasteiger partial charge in [0.1, 0.15) is 6.04 Å². The average molecular weight is 518 g/mol. The fourth-order valence-corrected chi connectivity index (χ4v) is 5.12. The minimum atomic E-state index is -0.413. The summed E-state index contributed by atoms with van der Waals surface area (Å²) in [5.74, 6) is 1.81. The van der Waals surface area contributed by atoms with Gasteiger partial charge in [0.05, 0.1) is 25.3 Å². The van der Waals surface area contributed by atoms with Crippen molar-refractivity contribution in [2.75, 3.05) is 40.4 Å². The van der Waals surface area contributed by atoms with Crippen molar-refractivity contribution in [1.82, 2.24) is 35.0 Å². The molecule has 1 saturated heterocycles. The van der Waals surface area contributed by atoms with E-state index in [4.69, 9.17) is 9.47 Å². The largest absolute Gasteiger partial charge is 0.493 e. The predicted molar refractivity (Wildman–Crippen MR) is 146 cm³/mol. The maximum atomic E-state index is 13.6. The van der Waals surface area contributed by atoms with Gasteiger partial charge in [-0.2, -0.15) is 0 Å². The number of piperazine rings is 1. The molecule has 1 N–H and O–H groups in total. The molecule has 10 heteroatoms. The summed E-state index contributed by atoms with van der Waals surface area (Å²) in [5.41, 5.74) is 2.04. The topological polar surface area (TPSA) is 101 Å². The third-order valence-electron chi connectivity index (χ3n) is 7.07. The number of aromatic nitrogens is 5. The van der Waals surface area contributed by atoms with Crippen molar-refractivity contribution in [1.29, 1.82) is 0 Å². The lowest BCUT2D eigenvalue weighted by atomic mass is 10.0. The highest BCUT2D eigenvalue weighted by atomic mass is 16.5. The molecule has 1 fully saturated rings. The molecule has 1 aliphatic rings. The molecule has 1 atom stereocenters. The molecule has 0 aliphatic carbocycles. The Labute approximate surface area is 222 Å². The molecule has 0 radical (unpaired) electrons. The Balaban J connectivity index is 1.54. The number of hydrogen-bond donors (Lipinski definition) is 1. The number of methoxy groups -OCH3 is 2. The van der Waals surface area contributed by atoms with E-state index < -0.39 is 6.04 Å². The quantitative estimate of drug-likeness (QED) is 0.399. The van der Waals surface area contributed by atoms with E-state index in [0.717, 1.165) is 38.1 Å². The van der Waals surface area contributed by atoms with Crippen molar-refractivity contribution in [2.45, 2.75) is 38.9 Å². The number of ether oxygens (including phenoxy) is 2. The Morgan fingerprint density at radius 2 is 1.66 bits per heavy atom. The van der Waals surface area contributed by atoms with E-state index in [1.54, 1.807) is 20.3 Å². The lowest BCUT2D eigenvalue weighted by Gasteiger charge is -2.39. The first kappa shape index (κ1) is 25.9. The van der Waals surface area contributed by atoms with E-state index in [0.29, 0.717) is 28.4 Å². The molecular formula is C28H35N7O3. The third-order valence-corrected chi connectivity index (χ3v) is 7.07. The summed E-state index contributed by atoms with van der Waals surface area (Å²) in [6.07, 6.45) is 0. The molecule has 200 valence electrons. The van der Waals surface area contributed by atoms with Crippen molar-refractivity contribution in [3.63, 3.8) is 0 Å². The minimum Gasteiger partial charge on any atom is -0.493 e. The van der Waals surface area contributed by atoms with Crippen molar-refractivity contribution >= 4 is 10.9 Å². The van der Waals surface area contributed by atoms with Crippen LogP contribution in [0, 0.1) is 0 Å². The molecule has 5 rings (SSSR count). The number of tetrazole rings is 1. The van der Waals surface area contributed by atoms with Crippen LogP contribution in [0.5, 0.6) is 11.5 Å². The average Bonchev–Trinajstić information content (AvgIpc) is 3.40. The van der Waals surface area contributed by atoms with Gasteiger partial charge in [0.2, 0.25) is 0 Å². The number of H-pyrrole nitrogens is 1. The van der Waals surface area contributed by atoms with Crippen molar-refractivity contribution in [3.8, 4) is 11.5 Å². The van der Waals surface area contributed by atoms with Crippen LogP contribution < -0.4 is 15.0 Å². The minimum absolute atomic E-state index is 0.176. The highest BCUT2D eigenvalue weighted by molar-refractivity contribution is 5.83. The van der Waals surface area contributed by atoms with E-state index in [9.17, 15) is 4.79 Å². The maximum Gasteiger partial charge on any atom is 0.253 e. The second kappa shape index (κ2) is 10.5. The van der Waals surface area contributed by atoms with Crippen LogP contribution in [0.1, 0.15) is 43.8 Å². The van der Waals surface area contributed by atoms with Crippen LogP contribution in [0.2, 0.25) is 0 Å². The van der Waals surface area contributed by atoms with Crippen LogP contribution in [-0.2, 0) is 12.1 Å².